The van der Waals surface area contributed by atoms with Crippen molar-refractivity contribution in [3.8, 4) is 5.88 Å². The Morgan fingerprint density at radius 2 is 1.84 bits per heavy atom. The Kier molecular flexibility index (Phi) is 10.6. The molecule has 270 valence electrons. The number of likely N-dealkylation sites (tertiary alicyclic amines) is 1. The third kappa shape index (κ3) is 8.69. The van der Waals surface area contributed by atoms with Gasteiger partial charge in [-0.05, 0) is 79.0 Å². The minimum Gasteiger partial charge on any atom is -0.476 e. The van der Waals surface area contributed by atoms with Crippen LogP contribution < -0.4 is 10.1 Å². The van der Waals surface area contributed by atoms with Gasteiger partial charge < -0.3 is 19.9 Å². The van der Waals surface area contributed by atoms with Gasteiger partial charge in [0.2, 0.25) is 11.8 Å². The molecule has 8 nitrogen and oxygen atoms in total. The average Bonchev–Trinajstić information content (AvgIpc) is 3.66. The van der Waals surface area contributed by atoms with Crippen LogP contribution in [0.2, 0.25) is 0 Å². The standard InChI is InChI=1S/C39H43F4N5O3/c40-37-31-22-28(11-13-33(31)48(46-37)35-10-4-7-21-50-35)36(32(23-39(41,42)43)27-8-2-1-3-9-27)29-12-14-34(44-24-29)51-26-38(16-17-38)45-18-5-6-19-47-20-15-30(49)25-47/h1-3,5-6,8-9,11-14,22,24,30,35,45,49H,4,7,10,15-21,23,25-26H2/b6-5+,36-32-/t30-,35?/m0/s1. The number of aromatic nitrogens is 3. The molecule has 3 aliphatic rings. The SMILES string of the molecule is O[C@H]1CCN(C/C=C/CNC2(COc3ccc(/C(=C(/CC(F)(F)F)c4ccccc4)c4ccc5c(c4)c(F)nn5C4CCCCO4)cn3)CC2)C1. The van der Waals surface area contributed by atoms with Crippen molar-refractivity contribution < 1.29 is 32.1 Å². The summed E-state index contributed by atoms with van der Waals surface area (Å²) < 4.78 is 71.6. The summed E-state index contributed by atoms with van der Waals surface area (Å²) in [6.45, 7) is 4.09. The van der Waals surface area contributed by atoms with Crippen LogP contribution in [0.3, 0.4) is 0 Å². The van der Waals surface area contributed by atoms with Gasteiger partial charge >= 0.3 is 6.18 Å². The number of allylic oxidation sites excluding steroid dienone is 1. The van der Waals surface area contributed by atoms with E-state index in [4.69, 9.17) is 9.47 Å². The van der Waals surface area contributed by atoms with Gasteiger partial charge in [-0.1, -0.05) is 48.6 Å². The maximum atomic E-state index is 15.4. The second-order valence-corrected chi connectivity index (χ2v) is 13.8. The largest absolute Gasteiger partial charge is 0.476 e. The molecule has 3 fully saturated rings. The first-order valence-corrected chi connectivity index (χ1v) is 17.7. The number of ether oxygens (including phenoxy) is 2. The molecule has 2 aliphatic heterocycles. The molecular weight excluding hydrogens is 662 g/mol. The van der Waals surface area contributed by atoms with Crippen LogP contribution in [-0.2, 0) is 4.74 Å². The van der Waals surface area contributed by atoms with Gasteiger partial charge in [-0.3, -0.25) is 4.90 Å². The number of hydrogen-bond acceptors (Lipinski definition) is 7. The molecule has 2 atom stereocenters. The first kappa shape index (κ1) is 35.3. The van der Waals surface area contributed by atoms with Crippen LogP contribution in [0.4, 0.5) is 17.6 Å². The fourth-order valence-corrected chi connectivity index (χ4v) is 6.99. The van der Waals surface area contributed by atoms with Crippen LogP contribution in [-0.4, -0.2) is 82.0 Å². The number of pyridine rings is 1. The molecular formula is C39H43F4N5O3. The molecule has 4 heterocycles. The lowest BCUT2D eigenvalue weighted by Gasteiger charge is -2.23. The smallest absolute Gasteiger partial charge is 0.393 e. The second kappa shape index (κ2) is 15.2. The number of aliphatic hydroxyl groups is 1. The van der Waals surface area contributed by atoms with Crippen molar-refractivity contribution in [3.63, 3.8) is 0 Å². The van der Waals surface area contributed by atoms with Crippen LogP contribution in [0, 0.1) is 5.95 Å². The fourth-order valence-electron chi connectivity index (χ4n) is 6.99. The van der Waals surface area contributed by atoms with Crippen molar-refractivity contribution in [2.75, 3.05) is 39.4 Å². The minimum atomic E-state index is -4.51. The van der Waals surface area contributed by atoms with Gasteiger partial charge in [0.1, 0.15) is 6.61 Å². The number of alkyl halides is 3. The lowest BCUT2D eigenvalue weighted by Crippen LogP contribution is -2.37. The molecule has 2 N–H and O–H groups in total. The van der Waals surface area contributed by atoms with E-state index in [1.54, 1.807) is 60.7 Å². The van der Waals surface area contributed by atoms with Crippen molar-refractivity contribution in [1.82, 2.24) is 25.0 Å². The summed E-state index contributed by atoms with van der Waals surface area (Å²) in [7, 11) is 0. The summed E-state index contributed by atoms with van der Waals surface area (Å²) >= 11 is 0. The molecule has 12 heteroatoms. The first-order valence-electron chi connectivity index (χ1n) is 17.7. The molecule has 51 heavy (non-hydrogen) atoms. The predicted molar refractivity (Wildman–Crippen MR) is 187 cm³/mol. The van der Waals surface area contributed by atoms with Crippen molar-refractivity contribution in [2.24, 2.45) is 0 Å². The number of nitrogens with one attached hydrogen (secondary N) is 1. The van der Waals surface area contributed by atoms with Gasteiger partial charge in [0.15, 0.2) is 6.23 Å². The highest BCUT2D eigenvalue weighted by Gasteiger charge is 2.43. The molecule has 2 aromatic carbocycles. The summed E-state index contributed by atoms with van der Waals surface area (Å²) in [6.07, 6.45) is 4.70. The fraction of sp³-hybridized carbons (Fsp3) is 0.436. The third-order valence-electron chi connectivity index (χ3n) is 9.93. The van der Waals surface area contributed by atoms with Crippen molar-refractivity contribution in [2.45, 2.75) is 69.0 Å². The van der Waals surface area contributed by atoms with Gasteiger partial charge in [0.05, 0.1) is 29.0 Å². The number of β-amino-alcohol motifs (C(OH)–C–C–N with tert-alkyl or cyclic N) is 1. The lowest BCUT2D eigenvalue weighted by molar-refractivity contribution is -0.122. The second-order valence-electron chi connectivity index (χ2n) is 13.8. The molecule has 1 saturated carbocycles. The predicted octanol–water partition coefficient (Wildman–Crippen LogP) is 7.30. The summed E-state index contributed by atoms with van der Waals surface area (Å²) in [4.78, 5) is 6.74. The Bertz CT molecular complexity index is 1850. The monoisotopic (exact) mass is 705 g/mol. The Morgan fingerprint density at radius 3 is 2.53 bits per heavy atom. The molecule has 4 aromatic rings. The van der Waals surface area contributed by atoms with Gasteiger partial charge in [0, 0.05) is 50.6 Å². The van der Waals surface area contributed by atoms with Crippen molar-refractivity contribution in [1.29, 1.82) is 0 Å². The zero-order valence-electron chi connectivity index (χ0n) is 28.4. The van der Waals surface area contributed by atoms with E-state index in [0.29, 0.717) is 66.4 Å². The van der Waals surface area contributed by atoms with E-state index in [9.17, 15) is 18.3 Å². The Morgan fingerprint density at radius 1 is 1.02 bits per heavy atom. The molecule has 0 bridgehead atoms. The number of benzene rings is 2. The maximum absolute atomic E-state index is 15.4. The van der Waals surface area contributed by atoms with E-state index in [1.807, 2.05) is 0 Å². The molecule has 1 aliphatic carbocycles. The number of halogens is 4. The molecule has 0 spiro atoms. The number of aliphatic hydroxyl groups excluding tert-OH is 1. The van der Waals surface area contributed by atoms with Crippen LogP contribution >= 0.6 is 0 Å². The van der Waals surface area contributed by atoms with Gasteiger partial charge in [-0.2, -0.15) is 17.6 Å². The van der Waals surface area contributed by atoms with Crippen molar-refractivity contribution >= 4 is 22.0 Å². The highest BCUT2D eigenvalue weighted by Crippen LogP contribution is 2.41. The summed E-state index contributed by atoms with van der Waals surface area (Å²) in [5.74, 6) is -0.342. The minimum absolute atomic E-state index is 0.0522. The topological polar surface area (TPSA) is 84.7 Å². The summed E-state index contributed by atoms with van der Waals surface area (Å²) in [5, 5.41) is 17.6. The van der Waals surface area contributed by atoms with Gasteiger partial charge in [-0.15, -0.1) is 5.10 Å². The number of fused-ring (bicyclic) bond motifs is 1. The van der Waals surface area contributed by atoms with E-state index in [1.165, 1.54) is 10.9 Å². The number of nitrogens with zero attached hydrogens (tertiary/aromatic N) is 4. The highest BCUT2D eigenvalue weighted by molar-refractivity contribution is 6.00. The van der Waals surface area contributed by atoms with E-state index in [2.05, 4.69) is 32.5 Å². The first-order chi connectivity index (χ1) is 24.7. The summed E-state index contributed by atoms with van der Waals surface area (Å²) in [6, 6.07) is 16.8. The van der Waals surface area contributed by atoms with Crippen LogP contribution in [0.5, 0.6) is 5.88 Å². The van der Waals surface area contributed by atoms with E-state index in [0.717, 1.165) is 45.2 Å². The molecule has 2 aromatic heterocycles. The zero-order chi connectivity index (χ0) is 35.4. The Labute approximate surface area is 294 Å². The lowest BCUT2D eigenvalue weighted by atomic mass is 9.88. The van der Waals surface area contributed by atoms with Crippen LogP contribution in [0.1, 0.15) is 67.9 Å². The van der Waals surface area contributed by atoms with E-state index < -0.39 is 24.8 Å². The van der Waals surface area contributed by atoms with Crippen molar-refractivity contribution in [3.05, 3.63) is 102 Å². The molecule has 0 radical (unpaired) electrons. The van der Waals surface area contributed by atoms with E-state index in [-0.39, 0.29) is 22.6 Å². The zero-order valence-corrected chi connectivity index (χ0v) is 28.4. The maximum Gasteiger partial charge on any atom is 0.393 e. The number of rotatable bonds is 13. The molecule has 7 rings (SSSR count). The number of hydrogen-bond donors (Lipinski definition) is 2. The quantitative estimate of drug-likeness (QED) is 0.0858. The van der Waals surface area contributed by atoms with Crippen LogP contribution in [0.15, 0.2) is 79.0 Å². The Balaban J connectivity index is 1.14. The third-order valence-corrected chi connectivity index (χ3v) is 9.93. The van der Waals surface area contributed by atoms with Crippen LogP contribution in [0.25, 0.3) is 22.0 Å². The molecule has 2 saturated heterocycles. The Hall–Kier alpha value is -4.10. The normalized spacial score (nSPS) is 21.4. The molecule has 0 amide bonds. The van der Waals surface area contributed by atoms with Gasteiger partial charge in [0.25, 0.3) is 0 Å². The molecule has 1 unspecified atom stereocenters. The van der Waals surface area contributed by atoms with Gasteiger partial charge in [-0.25, -0.2) is 9.67 Å². The average molecular weight is 706 g/mol. The van der Waals surface area contributed by atoms with E-state index >= 15 is 4.39 Å². The summed E-state index contributed by atoms with van der Waals surface area (Å²) in [5.41, 5.74) is 1.99. The highest BCUT2D eigenvalue weighted by atomic mass is 19.4.